The molecule has 2 unspecified atom stereocenters. The maximum absolute atomic E-state index is 13.1. The van der Waals surface area contributed by atoms with Gasteiger partial charge in [0, 0.05) is 12.1 Å². The summed E-state index contributed by atoms with van der Waals surface area (Å²) in [5.74, 6) is -0.174. The molecule has 0 aliphatic carbocycles. The Morgan fingerprint density at radius 3 is 2.24 bits per heavy atom. The summed E-state index contributed by atoms with van der Waals surface area (Å²) >= 11 is 0. The van der Waals surface area contributed by atoms with E-state index < -0.39 is 0 Å². The lowest BCUT2D eigenvalue weighted by Crippen LogP contribution is -2.40. The fraction of sp³-hybridized carbons (Fsp3) is 0.667. The molecule has 0 bridgehead atoms. The molecule has 0 aliphatic rings. The molecule has 0 fully saturated rings. The number of nitrogens with one attached hydrogen (secondary N) is 1. The number of nitrogens with zero attached hydrogens (tertiary/aromatic N) is 1. The highest BCUT2D eigenvalue weighted by atomic mass is 19.1. The van der Waals surface area contributed by atoms with Crippen molar-refractivity contribution in [3.63, 3.8) is 0 Å². The number of hydrogen-bond donors (Lipinski definition) is 1. The van der Waals surface area contributed by atoms with Gasteiger partial charge >= 0.3 is 0 Å². The second-order valence-corrected chi connectivity index (χ2v) is 6.97. The van der Waals surface area contributed by atoms with Crippen LogP contribution < -0.4 is 5.32 Å². The third kappa shape index (κ3) is 5.76. The molecule has 2 atom stereocenters. The lowest BCUT2D eigenvalue weighted by atomic mass is 9.87. The van der Waals surface area contributed by atoms with Gasteiger partial charge in [-0.3, -0.25) is 0 Å². The largest absolute Gasteiger partial charge is 0.310 e. The summed E-state index contributed by atoms with van der Waals surface area (Å²) in [6, 6.07) is 7.66. The van der Waals surface area contributed by atoms with E-state index in [9.17, 15) is 4.39 Å². The molecule has 2 nitrogen and oxygen atoms in total. The highest BCUT2D eigenvalue weighted by Gasteiger charge is 2.24. The van der Waals surface area contributed by atoms with Crippen LogP contribution in [0, 0.1) is 11.2 Å². The lowest BCUT2D eigenvalue weighted by Gasteiger charge is -2.36. The number of halogens is 1. The van der Waals surface area contributed by atoms with Crippen LogP contribution in [0.5, 0.6) is 0 Å². The van der Waals surface area contributed by atoms with Crippen LogP contribution in [0.4, 0.5) is 4.39 Å². The summed E-state index contributed by atoms with van der Waals surface area (Å²) in [6.45, 7) is 13.1. The molecule has 1 aromatic carbocycles. The molecule has 1 rings (SSSR count). The minimum Gasteiger partial charge on any atom is -0.310 e. The summed E-state index contributed by atoms with van der Waals surface area (Å²) in [5, 5.41) is 3.50. The molecule has 0 aliphatic heterocycles. The molecule has 120 valence electrons. The van der Waals surface area contributed by atoms with Gasteiger partial charge in [-0.25, -0.2) is 4.39 Å². The summed E-state index contributed by atoms with van der Waals surface area (Å²) < 4.78 is 13.1. The molecule has 0 saturated carbocycles. The van der Waals surface area contributed by atoms with Crippen molar-refractivity contribution in [1.29, 1.82) is 0 Å². The first kappa shape index (κ1) is 18.1. The second-order valence-electron chi connectivity index (χ2n) is 6.97. The van der Waals surface area contributed by atoms with Crippen LogP contribution in [0.15, 0.2) is 24.3 Å². The van der Waals surface area contributed by atoms with Crippen LogP contribution in [0.2, 0.25) is 0 Å². The Balaban J connectivity index is 2.65. The molecule has 0 saturated heterocycles. The molecule has 1 N–H and O–H groups in total. The van der Waals surface area contributed by atoms with Crippen LogP contribution in [0.3, 0.4) is 0 Å². The Hall–Kier alpha value is -0.930. The topological polar surface area (TPSA) is 15.3 Å². The number of hydrogen-bond acceptors (Lipinski definition) is 2. The third-order valence-corrected chi connectivity index (χ3v) is 4.41. The summed E-state index contributed by atoms with van der Waals surface area (Å²) in [7, 11) is 2.18. The van der Waals surface area contributed by atoms with Crippen LogP contribution in [0.1, 0.15) is 52.6 Å². The quantitative estimate of drug-likeness (QED) is 0.809. The molecular weight excluding hydrogens is 263 g/mol. The van der Waals surface area contributed by atoms with E-state index in [2.05, 4.69) is 51.9 Å². The van der Waals surface area contributed by atoms with Crippen molar-refractivity contribution in [2.24, 2.45) is 5.41 Å². The lowest BCUT2D eigenvalue weighted by molar-refractivity contribution is 0.136. The highest BCUT2D eigenvalue weighted by molar-refractivity contribution is 5.19. The van der Waals surface area contributed by atoms with E-state index >= 15 is 0 Å². The normalized spacial score (nSPS) is 15.2. The predicted molar refractivity (Wildman–Crippen MR) is 89.0 cm³/mol. The standard InChI is InChI=1S/C18H31FN2/c1-7-20-17(15-8-10-16(19)11-9-15)12-13-21(6)14(2)18(3,4)5/h8-11,14,17,20H,7,12-13H2,1-6H3. The molecule has 0 amide bonds. The minimum atomic E-state index is -0.174. The molecule has 0 aromatic heterocycles. The van der Waals surface area contributed by atoms with Crippen molar-refractivity contribution in [3.8, 4) is 0 Å². The zero-order chi connectivity index (χ0) is 16.0. The number of rotatable bonds is 7. The Morgan fingerprint density at radius 2 is 1.76 bits per heavy atom. The third-order valence-electron chi connectivity index (χ3n) is 4.41. The van der Waals surface area contributed by atoms with Gasteiger partial charge in [-0.15, -0.1) is 0 Å². The molecule has 0 heterocycles. The molecular formula is C18H31FN2. The van der Waals surface area contributed by atoms with Crippen LogP contribution in [-0.2, 0) is 0 Å². The maximum atomic E-state index is 13.1. The van der Waals surface area contributed by atoms with Gasteiger partial charge in [0.2, 0.25) is 0 Å². The van der Waals surface area contributed by atoms with Gasteiger partial charge in [0.25, 0.3) is 0 Å². The Labute approximate surface area is 129 Å². The van der Waals surface area contributed by atoms with Crippen molar-refractivity contribution in [2.75, 3.05) is 20.1 Å². The van der Waals surface area contributed by atoms with Crippen LogP contribution in [-0.4, -0.2) is 31.1 Å². The Kier molecular flexibility index (Phi) is 6.82. The van der Waals surface area contributed by atoms with Crippen LogP contribution >= 0.6 is 0 Å². The van der Waals surface area contributed by atoms with Gasteiger partial charge in [0.1, 0.15) is 5.82 Å². The summed E-state index contributed by atoms with van der Waals surface area (Å²) in [5.41, 5.74) is 1.44. The van der Waals surface area contributed by atoms with Crippen molar-refractivity contribution < 1.29 is 4.39 Å². The van der Waals surface area contributed by atoms with Crippen molar-refractivity contribution in [3.05, 3.63) is 35.6 Å². The molecule has 0 radical (unpaired) electrons. The Bertz CT molecular complexity index is 408. The van der Waals surface area contributed by atoms with E-state index in [1.54, 1.807) is 12.1 Å². The van der Waals surface area contributed by atoms with Crippen molar-refractivity contribution in [1.82, 2.24) is 10.2 Å². The summed E-state index contributed by atoms with van der Waals surface area (Å²) in [6.07, 6.45) is 1.02. The zero-order valence-electron chi connectivity index (χ0n) is 14.4. The van der Waals surface area contributed by atoms with E-state index in [1.165, 1.54) is 0 Å². The Morgan fingerprint density at radius 1 is 1.19 bits per heavy atom. The molecule has 21 heavy (non-hydrogen) atoms. The van der Waals surface area contributed by atoms with Gasteiger partial charge in [-0.1, -0.05) is 39.8 Å². The average molecular weight is 294 g/mol. The molecule has 3 heteroatoms. The average Bonchev–Trinajstić information content (AvgIpc) is 2.42. The first-order valence-electron chi connectivity index (χ1n) is 7.94. The monoisotopic (exact) mass is 294 g/mol. The van der Waals surface area contributed by atoms with E-state index in [0.717, 1.165) is 25.1 Å². The fourth-order valence-corrected chi connectivity index (χ4v) is 2.52. The summed E-state index contributed by atoms with van der Waals surface area (Å²) in [4.78, 5) is 2.41. The smallest absolute Gasteiger partial charge is 0.123 e. The zero-order valence-corrected chi connectivity index (χ0v) is 14.4. The minimum absolute atomic E-state index is 0.174. The second kappa shape index (κ2) is 7.90. The van der Waals surface area contributed by atoms with Crippen molar-refractivity contribution >= 4 is 0 Å². The SMILES string of the molecule is CCNC(CCN(C)C(C)C(C)(C)C)c1ccc(F)cc1. The van der Waals surface area contributed by atoms with E-state index in [0.29, 0.717) is 6.04 Å². The van der Waals surface area contributed by atoms with Gasteiger partial charge in [0.05, 0.1) is 0 Å². The van der Waals surface area contributed by atoms with Gasteiger partial charge < -0.3 is 10.2 Å². The predicted octanol–water partition coefficient (Wildman–Crippen LogP) is 4.23. The van der Waals surface area contributed by atoms with Crippen LogP contribution in [0.25, 0.3) is 0 Å². The maximum Gasteiger partial charge on any atom is 0.123 e. The fourth-order valence-electron chi connectivity index (χ4n) is 2.52. The van der Waals surface area contributed by atoms with Crippen molar-refractivity contribution in [2.45, 2.75) is 53.1 Å². The van der Waals surface area contributed by atoms with Gasteiger partial charge in [-0.2, -0.15) is 0 Å². The first-order chi connectivity index (χ1) is 9.75. The molecule has 1 aromatic rings. The van der Waals surface area contributed by atoms with E-state index in [1.807, 2.05) is 12.1 Å². The van der Waals surface area contributed by atoms with Gasteiger partial charge in [0.15, 0.2) is 0 Å². The van der Waals surface area contributed by atoms with E-state index in [-0.39, 0.29) is 17.3 Å². The van der Waals surface area contributed by atoms with Gasteiger partial charge in [-0.05, 0) is 56.6 Å². The highest BCUT2D eigenvalue weighted by Crippen LogP contribution is 2.24. The first-order valence-corrected chi connectivity index (χ1v) is 7.94. The molecule has 0 spiro atoms. The van der Waals surface area contributed by atoms with E-state index in [4.69, 9.17) is 0 Å². The number of benzene rings is 1.